The lowest BCUT2D eigenvalue weighted by atomic mass is 10.2. The fourth-order valence-electron chi connectivity index (χ4n) is 3.72. The van der Waals surface area contributed by atoms with Crippen molar-refractivity contribution in [1.29, 1.82) is 0 Å². The zero-order chi connectivity index (χ0) is 21.8. The molecule has 2 aromatic carbocycles. The fraction of sp³-hybridized carbons (Fsp3) is 0.250. The summed E-state index contributed by atoms with van der Waals surface area (Å²) in [5.74, 6) is -0.0702. The van der Waals surface area contributed by atoms with Gasteiger partial charge in [0.05, 0.1) is 30.5 Å². The number of hydrogen-bond donors (Lipinski definition) is 1. The third-order valence-electron chi connectivity index (χ3n) is 5.48. The van der Waals surface area contributed by atoms with E-state index < -0.39 is 0 Å². The Morgan fingerprint density at radius 3 is 2.55 bits per heavy atom. The van der Waals surface area contributed by atoms with Crippen LogP contribution in [0.5, 0.6) is 0 Å². The van der Waals surface area contributed by atoms with Gasteiger partial charge in [0.1, 0.15) is 0 Å². The average molecular weight is 415 g/mol. The van der Waals surface area contributed by atoms with E-state index in [1.165, 1.54) is 11.8 Å². The first-order valence-electron chi connectivity index (χ1n) is 10.3. The van der Waals surface area contributed by atoms with Gasteiger partial charge in [0, 0.05) is 29.6 Å². The van der Waals surface area contributed by atoms with Gasteiger partial charge in [0.25, 0.3) is 0 Å². The maximum absolute atomic E-state index is 12.5. The van der Waals surface area contributed by atoms with E-state index in [2.05, 4.69) is 27.6 Å². The second-order valence-electron chi connectivity index (χ2n) is 7.57. The highest BCUT2D eigenvalue weighted by atomic mass is 16.1. The molecule has 158 valence electrons. The van der Waals surface area contributed by atoms with Gasteiger partial charge in [-0.3, -0.25) is 19.0 Å². The Balaban J connectivity index is 1.38. The number of hydrogen-bond acceptors (Lipinski definition) is 4. The molecule has 31 heavy (non-hydrogen) atoms. The number of carbonyl (C=O) groups excluding carboxylic acids is 1. The number of nitrogens with one attached hydrogen (secondary N) is 1. The lowest BCUT2D eigenvalue weighted by molar-refractivity contribution is -0.121. The van der Waals surface area contributed by atoms with Crippen LogP contribution in [-0.2, 0) is 24.4 Å². The first-order valence-corrected chi connectivity index (χ1v) is 10.3. The molecule has 0 aliphatic rings. The van der Waals surface area contributed by atoms with Crippen LogP contribution in [0.4, 0.5) is 0 Å². The first-order chi connectivity index (χ1) is 15.0. The molecule has 1 amide bonds. The Hall–Kier alpha value is -3.74. The van der Waals surface area contributed by atoms with E-state index in [1.54, 1.807) is 10.7 Å². The summed E-state index contributed by atoms with van der Waals surface area (Å²) in [5, 5.41) is 12.4. The molecule has 0 atom stereocenters. The Morgan fingerprint density at radius 2 is 1.74 bits per heavy atom. The fourth-order valence-corrected chi connectivity index (χ4v) is 3.72. The minimum atomic E-state index is -0.116. The molecule has 0 aliphatic carbocycles. The van der Waals surface area contributed by atoms with Gasteiger partial charge in [-0.15, -0.1) is 0 Å². The highest BCUT2D eigenvalue weighted by Crippen LogP contribution is 2.15. The molecule has 1 N–H and O–H groups in total. The van der Waals surface area contributed by atoms with Crippen LogP contribution in [0, 0.1) is 13.8 Å². The second-order valence-corrected chi connectivity index (χ2v) is 7.57. The number of nitrogens with zero attached hydrogens (tertiary/aromatic N) is 4. The maximum atomic E-state index is 12.5. The summed E-state index contributed by atoms with van der Waals surface area (Å²) in [6.07, 6.45) is 1.57. The van der Waals surface area contributed by atoms with Crippen LogP contribution >= 0.6 is 0 Å². The molecule has 7 heteroatoms. The summed E-state index contributed by atoms with van der Waals surface area (Å²) in [6.45, 7) is 5.53. The Bertz CT molecular complexity index is 1270. The molecular weight excluding hydrogens is 390 g/mol. The summed E-state index contributed by atoms with van der Waals surface area (Å²) in [4.78, 5) is 24.4. The van der Waals surface area contributed by atoms with E-state index in [1.807, 2.05) is 54.9 Å². The van der Waals surface area contributed by atoms with Crippen molar-refractivity contribution < 1.29 is 4.79 Å². The third kappa shape index (κ3) is 4.55. The van der Waals surface area contributed by atoms with E-state index in [4.69, 9.17) is 0 Å². The van der Waals surface area contributed by atoms with Gasteiger partial charge in [0.2, 0.25) is 11.3 Å². The smallest absolute Gasteiger partial charge is 0.222 e. The predicted octanol–water partition coefficient (Wildman–Crippen LogP) is 2.96. The molecule has 2 aromatic heterocycles. The molecule has 0 radical (unpaired) electrons. The number of carbonyl (C=O) groups is 1. The van der Waals surface area contributed by atoms with Crippen molar-refractivity contribution in [1.82, 2.24) is 24.9 Å². The zero-order valence-corrected chi connectivity index (χ0v) is 17.7. The van der Waals surface area contributed by atoms with E-state index in [0.717, 1.165) is 22.5 Å². The second kappa shape index (κ2) is 8.95. The lowest BCUT2D eigenvalue weighted by Crippen LogP contribution is -2.25. The summed E-state index contributed by atoms with van der Waals surface area (Å²) >= 11 is 0. The first kappa shape index (κ1) is 20.5. The number of fused-ring (bicyclic) bond motifs is 1. The number of aryl methyl sites for hydroxylation is 2. The summed E-state index contributed by atoms with van der Waals surface area (Å²) < 4.78 is 3.67. The van der Waals surface area contributed by atoms with E-state index in [-0.39, 0.29) is 17.8 Å². The van der Waals surface area contributed by atoms with Gasteiger partial charge in [0.15, 0.2) is 0 Å². The van der Waals surface area contributed by atoms with Crippen molar-refractivity contribution in [3.05, 3.63) is 93.5 Å². The highest BCUT2D eigenvalue weighted by Gasteiger charge is 2.13. The van der Waals surface area contributed by atoms with Crippen LogP contribution in [0.25, 0.3) is 10.9 Å². The minimum Gasteiger partial charge on any atom is -0.352 e. The quantitative estimate of drug-likeness (QED) is 0.503. The van der Waals surface area contributed by atoms with Crippen molar-refractivity contribution in [3.63, 3.8) is 0 Å². The Kier molecular flexibility index (Phi) is 5.93. The molecule has 0 saturated heterocycles. The number of benzene rings is 2. The van der Waals surface area contributed by atoms with Gasteiger partial charge in [-0.1, -0.05) is 42.5 Å². The van der Waals surface area contributed by atoms with Crippen LogP contribution < -0.4 is 10.7 Å². The molecule has 0 spiro atoms. The van der Waals surface area contributed by atoms with E-state index in [0.29, 0.717) is 25.0 Å². The van der Waals surface area contributed by atoms with Crippen molar-refractivity contribution in [2.45, 2.75) is 39.9 Å². The average Bonchev–Trinajstić information content (AvgIpc) is 3.05. The Labute approximate surface area is 180 Å². The SMILES string of the molecule is Cc1nn(Cc2ccccc2)c(C)c1CNC(=O)CCn1ncc(=O)c2ccccc21. The van der Waals surface area contributed by atoms with Gasteiger partial charge in [-0.05, 0) is 31.5 Å². The largest absolute Gasteiger partial charge is 0.352 e. The van der Waals surface area contributed by atoms with Gasteiger partial charge < -0.3 is 5.32 Å². The number of para-hydroxylation sites is 1. The van der Waals surface area contributed by atoms with Crippen molar-refractivity contribution >= 4 is 16.8 Å². The van der Waals surface area contributed by atoms with Crippen molar-refractivity contribution in [2.24, 2.45) is 0 Å². The van der Waals surface area contributed by atoms with Gasteiger partial charge in [-0.2, -0.15) is 10.2 Å². The van der Waals surface area contributed by atoms with Crippen LogP contribution in [-0.4, -0.2) is 25.5 Å². The topological polar surface area (TPSA) is 81.8 Å². The van der Waals surface area contributed by atoms with Crippen molar-refractivity contribution in [3.8, 4) is 0 Å². The molecule has 0 unspecified atom stereocenters. The molecule has 4 aromatic rings. The Morgan fingerprint density at radius 1 is 1.00 bits per heavy atom. The predicted molar refractivity (Wildman–Crippen MR) is 120 cm³/mol. The molecule has 0 aliphatic heterocycles. The monoisotopic (exact) mass is 415 g/mol. The van der Waals surface area contributed by atoms with Crippen LogP contribution in [0.2, 0.25) is 0 Å². The molecule has 4 rings (SSSR count). The lowest BCUT2D eigenvalue weighted by Gasteiger charge is -2.10. The van der Waals surface area contributed by atoms with Gasteiger partial charge in [-0.25, -0.2) is 0 Å². The number of amides is 1. The summed E-state index contributed by atoms with van der Waals surface area (Å²) in [6, 6.07) is 17.5. The standard InChI is InChI=1S/C24H25N5O2/c1-17-21(18(2)29(27-17)16-19-8-4-3-5-9-19)14-25-24(31)12-13-28-22-11-7-6-10-20(22)23(30)15-26-28/h3-11,15H,12-14,16H2,1-2H3,(H,25,31). The minimum absolute atomic E-state index is 0.0702. The molecule has 0 fully saturated rings. The molecule has 7 nitrogen and oxygen atoms in total. The molecule has 0 bridgehead atoms. The van der Waals surface area contributed by atoms with Crippen LogP contribution in [0.1, 0.15) is 28.9 Å². The molecule has 2 heterocycles. The van der Waals surface area contributed by atoms with Crippen LogP contribution in [0.15, 0.2) is 65.6 Å². The van der Waals surface area contributed by atoms with Crippen LogP contribution in [0.3, 0.4) is 0 Å². The highest BCUT2D eigenvalue weighted by molar-refractivity contribution is 5.79. The number of rotatable bonds is 7. The van der Waals surface area contributed by atoms with E-state index in [9.17, 15) is 9.59 Å². The van der Waals surface area contributed by atoms with Crippen molar-refractivity contribution in [2.75, 3.05) is 0 Å². The molecular formula is C24H25N5O2. The summed E-state index contributed by atoms with van der Waals surface area (Å²) in [7, 11) is 0. The number of aromatic nitrogens is 4. The normalized spacial score (nSPS) is 11.0. The molecule has 0 saturated carbocycles. The summed E-state index contributed by atoms with van der Waals surface area (Å²) in [5.41, 5.74) is 4.81. The zero-order valence-electron chi connectivity index (χ0n) is 17.7. The third-order valence-corrected chi connectivity index (χ3v) is 5.48. The van der Waals surface area contributed by atoms with Gasteiger partial charge >= 0.3 is 0 Å². The maximum Gasteiger partial charge on any atom is 0.222 e. The van der Waals surface area contributed by atoms with E-state index >= 15 is 0 Å².